The summed E-state index contributed by atoms with van der Waals surface area (Å²) in [6, 6.07) is 21.9. The summed E-state index contributed by atoms with van der Waals surface area (Å²) in [7, 11) is -2.07. The molecular formula is C30H35N3O7S. The van der Waals surface area contributed by atoms with E-state index < -0.39 is 22.0 Å². The van der Waals surface area contributed by atoms with Crippen molar-refractivity contribution in [1.29, 1.82) is 0 Å². The van der Waals surface area contributed by atoms with Gasteiger partial charge < -0.3 is 24.4 Å². The highest BCUT2D eigenvalue weighted by molar-refractivity contribution is 7.89. The quantitative estimate of drug-likeness (QED) is 0.350. The average molecular weight is 582 g/mol. The van der Waals surface area contributed by atoms with Crippen LogP contribution in [-0.2, 0) is 37.4 Å². The van der Waals surface area contributed by atoms with Crippen molar-refractivity contribution < 1.29 is 32.2 Å². The largest absolute Gasteiger partial charge is 0.497 e. The fourth-order valence-electron chi connectivity index (χ4n) is 4.31. The zero-order valence-corrected chi connectivity index (χ0v) is 24.0. The van der Waals surface area contributed by atoms with E-state index in [4.69, 9.17) is 14.2 Å². The predicted molar refractivity (Wildman–Crippen MR) is 153 cm³/mol. The highest BCUT2D eigenvalue weighted by Gasteiger charge is 2.28. The van der Waals surface area contributed by atoms with Crippen molar-refractivity contribution in [1.82, 2.24) is 14.5 Å². The van der Waals surface area contributed by atoms with E-state index in [0.717, 1.165) is 11.1 Å². The molecule has 1 aliphatic heterocycles. The Hall–Kier alpha value is -3.93. The third kappa shape index (κ3) is 8.06. The lowest BCUT2D eigenvalue weighted by Crippen LogP contribution is -2.48. The molecule has 0 radical (unpaired) electrons. The first-order valence-electron chi connectivity index (χ1n) is 13.3. The van der Waals surface area contributed by atoms with Crippen molar-refractivity contribution in [3.63, 3.8) is 0 Å². The third-order valence-electron chi connectivity index (χ3n) is 6.78. The van der Waals surface area contributed by atoms with Crippen LogP contribution in [0.3, 0.4) is 0 Å². The van der Waals surface area contributed by atoms with Gasteiger partial charge in [0.1, 0.15) is 17.5 Å². The third-order valence-corrected chi connectivity index (χ3v) is 8.70. The summed E-state index contributed by atoms with van der Waals surface area (Å²) in [5, 5.41) is 2.90. The van der Waals surface area contributed by atoms with Crippen molar-refractivity contribution in [3.8, 4) is 11.5 Å². The number of carbonyl (C=O) groups excluding carboxylic acids is 2. The van der Waals surface area contributed by atoms with Gasteiger partial charge in [0.25, 0.3) is 5.91 Å². The lowest BCUT2D eigenvalue weighted by Gasteiger charge is -2.29. The molecule has 0 aromatic heterocycles. The molecule has 1 atom stereocenters. The minimum Gasteiger partial charge on any atom is -0.497 e. The zero-order valence-electron chi connectivity index (χ0n) is 23.2. The van der Waals surface area contributed by atoms with Crippen LogP contribution in [0, 0.1) is 0 Å². The maximum Gasteiger partial charge on any atom is 0.261 e. The molecule has 1 aliphatic rings. The molecule has 0 bridgehead atoms. The number of nitrogens with zero attached hydrogens (tertiary/aromatic N) is 2. The second-order valence-electron chi connectivity index (χ2n) is 9.53. The van der Waals surface area contributed by atoms with Crippen LogP contribution >= 0.6 is 0 Å². The van der Waals surface area contributed by atoms with Crippen LogP contribution in [0.4, 0.5) is 0 Å². The Bertz CT molecular complexity index is 1390. The van der Waals surface area contributed by atoms with Crippen molar-refractivity contribution in [2.75, 3.05) is 40.0 Å². The SMILES string of the molecule is COc1ccc(CN(C(=O)COc2ccc(S(=O)(=O)N3CCOCC3)cc2)C(C)C(=O)NCc2ccccc2)cc1. The number of carbonyl (C=O) groups is 2. The second-order valence-corrected chi connectivity index (χ2v) is 11.5. The van der Waals surface area contributed by atoms with Crippen LogP contribution in [0.2, 0.25) is 0 Å². The van der Waals surface area contributed by atoms with Gasteiger partial charge in [-0.15, -0.1) is 0 Å². The van der Waals surface area contributed by atoms with Gasteiger partial charge in [0, 0.05) is 26.2 Å². The van der Waals surface area contributed by atoms with Crippen LogP contribution in [0.5, 0.6) is 11.5 Å². The van der Waals surface area contributed by atoms with Crippen LogP contribution in [-0.4, -0.2) is 75.5 Å². The first-order valence-corrected chi connectivity index (χ1v) is 14.8. The topological polar surface area (TPSA) is 114 Å². The number of hydrogen-bond acceptors (Lipinski definition) is 7. The summed E-state index contributed by atoms with van der Waals surface area (Å²) in [4.78, 5) is 28.0. The van der Waals surface area contributed by atoms with Gasteiger partial charge in [0.2, 0.25) is 15.9 Å². The first kappa shape index (κ1) is 30.0. The molecule has 10 nitrogen and oxygen atoms in total. The minimum atomic E-state index is -3.64. The van der Waals surface area contributed by atoms with Crippen molar-refractivity contribution in [2.24, 2.45) is 0 Å². The fourth-order valence-corrected chi connectivity index (χ4v) is 5.72. The van der Waals surface area contributed by atoms with E-state index in [0.29, 0.717) is 44.3 Å². The molecule has 3 aromatic carbocycles. The summed E-state index contributed by atoms with van der Waals surface area (Å²) in [6.45, 7) is 3.19. The van der Waals surface area contributed by atoms with E-state index in [-0.39, 0.29) is 24.0 Å². The van der Waals surface area contributed by atoms with Gasteiger partial charge in [-0.05, 0) is 54.4 Å². The molecule has 1 heterocycles. The van der Waals surface area contributed by atoms with Gasteiger partial charge in [-0.1, -0.05) is 42.5 Å². The Kier molecular flexibility index (Phi) is 10.3. The molecule has 11 heteroatoms. The van der Waals surface area contributed by atoms with E-state index in [1.165, 1.54) is 33.5 Å². The fraction of sp³-hybridized carbons (Fsp3) is 0.333. The van der Waals surface area contributed by atoms with E-state index in [1.54, 1.807) is 26.2 Å². The molecule has 3 aromatic rings. The summed E-state index contributed by atoms with van der Waals surface area (Å²) in [5.41, 5.74) is 1.77. The van der Waals surface area contributed by atoms with E-state index in [1.807, 2.05) is 42.5 Å². The van der Waals surface area contributed by atoms with E-state index in [2.05, 4.69) is 5.32 Å². The molecule has 1 unspecified atom stereocenters. The number of ether oxygens (including phenoxy) is 3. The maximum atomic E-state index is 13.4. The Balaban J connectivity index is 1.42. The molecule has 0 saturated carbocycles. The second kappa shape index (κ2) is 14.1. The van der Waals surface area contributed by atoms with Crippen LogP contribution in [0.1, 0.15) is 18.1 Å². The van der Waals surface area contributed by atoms with Crippen LogP contribution < -0.4 is 14.8 Å². The van der Waals surface area contributed by atoms with Gasteiger partial charge >= 0.3 is 0 Å². The average Bonchev–Trinajstić information content (AvgIpc) is 3.02. The lowest BCUT2D eigenvalue weighted by atomic mass is 10.1. The summed E-state index contributed by atoms with van der Waals surface area (Å²) in [6.07, 6.45) is 0. The van der Waals surface area contributed by atoms with Crippen LogP contribution in [0.15, 0.2) is 83.8 Å². The van der Waals surface area contributed by atoms with Crippen molar-refractivity contribution in [3.05, 3.63) is 90.0 Å². The molecule has 2 amide bonds. The number of nitrogens with one attached hydrogen (secondary N) is 1. The standard InChI is InChI=1S/C30H35N3O7S/c1-23(30(35)31-20-24-6-4-3-5-7-24)33(21-25-8-10-26(38-2)11-9-25)29(34)22-40-27-12-14-28(15-13-27)41(36,37)32-16-18-39-19-17-32/h3-15,23H,16-22H2,1-2H3,(H,31,35). The molecule has 0 spiro atoms. The molecule has 1 fully saturated rings. The molecule has 41 heavy (non-hydrogen) atoms. The molecule has 0 aliphatic carbocycles. The number of methoxy groups -OCH3 is 1. The molecule has 4 rings (SSSR count). The Morgan fingerprint density at radius 2 is 1.56 bits per heavy atom. The van der Waals surface area contributed by atoms with Gasteiger partial charge in [-0.3, -0.25) is 9.59 Å². The summed E-state index contributed by atoms with van der Waals surface area (Å²) in [5.74, 6) is 0.328. The van der Waals surface area contributed by atoms with Crippen molar-refractivity contribution in [2.45, 2.75) is 31.0 Å². The van der Waals surface area contributed by atoms with E-state index >= 15 is 0 Å². The summed E-state index contributed by atoms with van der Waals surface area (Å²) < 4.78 is 43.3. The number of sulfonamides is 1. The highest BCUT2D eigenvalue weighted by Crippen LogP contribution is 2.21. The minimum absolute atomic E-state index is 0.142. The molecule has 1 N–H and O–H groups in total. The molecule has 218 valence electrons. The molecule has 1 saturated heterocycles. The first-order chi connectivity index (χ1) is 19.8. The lowest BCUT2D eigenvalue weighted by molar-refractivity contribution is -0.142. The highest BCUT2D eigenvalue weighted by atomic mass is 32.2. The number of morpholine rings is 1. The van der Waals surface area contributed by atoms with Gasteiger partial charge in [-0.2, -0.15) is 4.31 Å². The predicted octanol–water partition coefficient (Wildman–Crippen LogP) is 2.83. The normalized spacial score (nSPS) is 14.6. The Labute approximate surface area is 240 Å². The van der Waals surface area contributed by atoms with E-state index in [9.17, 15) is 18.0 Å². The smallest absolute Gasteiger partial charge is 0.261 e. The number of benzene rings is 3. The van der Waals surface area contributed by atoms with Gasteiger partial charge in [0.05, 0.1) is 25.2 Å². The Morgan fingerprint density at radius 3 is 2.20 bits per heavy atom. The number of amides is 2. The number of rotatable bonds is 12. The van der Waals surface area contributed by atoms with Gasteiger partial charge in [-0.25, -0.2) is 8.42 Å². The summed E-state index contributed by atoms with van der Waals surface area (Å²) >= 11 is 0. The van der Waals surface area contributed by atoms with Crippen molar-refractivity contribution >= 4 is 21.8 Å². The monoisotopic (exact) mass is 581 g/mol. The van der Waals surface area contributed by atoms with Crippen LogP contribution in [0.25, 0.3) is 0 Å². The zero-order chi connectivity index (χ0) is 29.2. The van der Waals surface area contributed by atoms with Gasteiger partial charge in [0.15, 0.2) is 6.61 Å². The number of hydrogen-bond donors (Lipinski definition) is 1. The maximum absolute atomic E-state index is 13.4. The molecular weight excluding hydrogens is 546 g/mol. The Morgan fingerprint density at radius 1 is 0.927 bits per heavy atom.